The topological polar surface area (TPSA) is 82.6 Å². The molecule has 0 bridgehead atoms. The molecule has 22 heavy (non-hydrogen) atoms. The number of benzene rings is 1. The first kappa shape index (κ1) is 14.6. The van der Waals surface area contributed by atoms with E-state index in [9.17, 15) is 14.7 Å². The Bertz CT molecular complexity index is 750. The lowest BCUT2D eigenvalue weighted by Gasteiger charge is -2.32. The number of amides is 1. The maximum Gasteiger partial charge on any atom is 0.328 e. The van der Waals surface area contributed by atoms with Gasteiger partial charge in [-0.05, 0) is 37.1 Å². The highest BCUT2D eigenvalue weighted by molar-refractivity contribution is 6.00. The van der Waals surface area contributed by atoms with Gasteiger partial charge in [0.2, 0.25) is 0 Å². The molecule has 1 aliphatic heterocycles. The van der Waals surface area contributed by atoms with Crippen molar-refractivity contribution >= 4 is 22.8 Å². The SMILES string of the molecule is Cc1ccc2[nH]c(C(=O)N3CCOCC3C(=O)O)cc2c1C. The number of nitrogens with one attached hydrogen (secondary N) is 1. The van der Waals surface area contributed by atoms with Crippen molar-refractivity contribution < 1.29 is 19.4 Å². The van der Waals surface area contributed by atoms with Crippen molar-refractivity contribution in [3.63, 3.8) is 0 Å². The molecule has 2 aromatic rings. The molecule has 1 atom stereocenters. The molecule has 3 rings (SSSR count). The molecule has 1 aromatic heterocycles. The van der Waals surface area contributed by atoms with Crippen LogP contribution in [0.3, 0.4) is 0 Å². The minimum atomic E-state index is -1.05. The third-order valence-electron chi connectivity index (χ3n) is 4.25. The molecule has 1 amide bonds. The standard InChI is InChI=1S/C16H18N2O4/c1-9-3-4-12-11(10(9)2)7-13(17-12)15(19)18-5-6-22-8-14(18)16(20)21/h3-4,7,14,17H,5-6,8H2,1-2H3,(H,20,21). The van der Waals surface area contributed by atoms with Crippen molar-refractivity contribution in [1.29, 1.82) is 0 Å². The summed E-state index contributed by atoms with van der Waals surface area (Å²) >= 11 is 0. The van der Waals surface area contributed by atoms with E-state index in [0.29, 0.717) is 12.3 Å². The predicted molar refractivity (Wildman–Crippen MR) is 81.1 cm³/mol. The molecule has 0 saturated carbocycles. The van der Waals surface area contributed by atoms with Crippen LogP contribution in [0.15, 0.2) is 18.2 Å². The number of carbonyl (C=O) groups excluding carboxylic acids is 1. The first-order valence-electron chi connectivity index (χ1n) is 7.19. The highest BCUT2D eigenvalue weighted by Gasteiger charge is 2.33. The van der Waals surface area contributed by atoms with Gasteiger partial charge in [-0.1, -0.05) is 6.07 Å². The van der Waals surface area contributed by atoms with Crippen molar-refractivity contribution in [1.82, 2.24) is 9.88 Å². The quantitative estimate of drug-likeness (QED) is 0.884. The normalized spacial score (nSPS) is 18.6. The number of aliphatic carboxylic acids is 1. The van der Waals surface area contributed by atoms with Crippen LogP contribution >= 0.6 is 0 Å². The molecular weight excluding hydrogens is 284 g/mol. The van der Waals surface area contributed by atoms with Gasteiger partial charge in [0.15, 0.2) is 6.04 Å². The number of morpholine rings is 1. The molecule has 1 saturated heterocycles. The Labute approximate surface area is 127 Å². The molecular formula is C16H18N2O4. The highest BCUT2D eigenvalue weighted by Crippen LogP contribution is 2.23. The summed E-state index contributed by atoms with van der Waals surface area (Å²) in [5, 5.41) is 10.2. The molecule has 6 nitrogen and oxygen atoms in total. The van der Waals surface area contributed by atoms with Gasteiger partial charge in [0.25, 0.3) is 5.91 Å². The van der Waals surface area contributed by atoms with E-state index in [0.717, 1.165) is 22.0 Å². The average Bonchev–Trinajstić information content (AvgIpc) is 2.95. The number of ether oxygens (including phenoxy) is 1. The smallest absolute Gasteiger partial charge is 0.328 e. The second kappa shape index (κ2) is 5.46. The van der Waals surface area contributed by atoms with Gasteiger partial charge >= 0.3 is 5.97 Å². The first-order chi connectivity index (χ1) is 10.5. The van der Waals surface area contributed by atoms with Gasteiger partial charge in [-0.2, -0.15) is 0 Å². The molecule has 1 aromatic carbocycles. The van der Waals surface area contributed by atoms with Crippen LogP contribution < -0.4 is 0 Å². The van der Waals surface area contributed by atoms with E-state index in [1.165, 1.54) is 4.90 Å². The average molecular weight is 302 g/mol. The summed E-state index contributed by atoms with van der Waals surface area (Å²) < 4.78 is 5.17. The summed E-state index contributed by atoms with van der Waals surface area (Å²) in [7, 11) is 0. The van der Waals surface area contributed by atoms with Crippen LogP contribution in [0.2, 0.25) is 0 Å². The Morgan fingerprint density at radius 3 is 2.86 bits per heavy atom. The Hall–Kier alpha value is -2.34. The molecule has 0 radical (unpaired) electrons. The number of aryl methyl sites for hydroxylation is 2. The van der Waals surface area contributed by atoms with Crippen molar-refractivity contribution in [3.05, 3.63) is 35.0 Å². The maximum absolute atomic E-state index is 12.7. The van der Waals surface area contributed by atoms with Gasteiger partial charge in [0, 0.05) is 17.4 Å². The van der Waals surface area contributed by atoms with E-state index < -0.39 is 12.0 Å². The second-order valence-corrected chi connectivity index (χ2v) is 5.58. The number of H-pyrrole nitrogens is 1. The third kappa shape index (κ3) is 2.35. The van der Waals surface area contributed by atoms with Gasteiger partial charge < -0.3 is 19.7 Å². The van der Waals surface area contributed by atoms with Gasteiger partial charge in [0.1, 0.15) is 5.69 Å². The van der Waals surface area contributed by atoms with Gasteiger partial charge in [-0.25, -0.2) is 4.79 Å². The first-order valence-corrected chi connectivity index (χ1v) is 7.19. The molecule has 1 unspecified atom stereocenters. The van der Waals surface area contributed by atoms with E-state index in [-0.39, 0.29) is 19.1 Å². The van der Waals surface area contributed by atoms with Crippen LogP contribution in [0.4, 0.5) is 0 Å². The number of carboxylic acid groups (broad SMARTS) is 1. The van der Waals surface area contributed by atoms with Gasteiger partial charge in [-0.3, -0.25) is 4.79 Å². The number of hydrogen-bond donors (Lipinski definition) is 2. The summed E-state index contributed by atoms with van der Waals surface area (Å²) in [6.45, 7) is 4.69. The van der Waals surface area contributed by atoms with Crippen LogP contribution in [-0.2, 0) is 9.53 Å². The van der Waals surface area contributed by atoms with E-state index in [1.807, 2.05) is 26.0 Å². The maximum atomic E-state index is 12.7. The number of aromatic amines is 1. The zero-order valence-corrected chi connectivity index (χ0v) is 12.5. The number of carboxylic acids is 1. The number of aromatic nitrogens is 1. The lowest BCUT2D eigenvalue weighted by atomic mass is 10.1. The van der Waals surface area contributed by atoms with Crippen molar-refractivity contribution in [3.8, 4) is 0 Å². The molecule has 1 fully saturated rings. The third-order valence-corrected chi connectivity index (χ3v) is 4.25. The van der Waals surface area contributed by atoms with Gasteiger partial charge in [-0.15, -0.1) is 0 Å². The molecule has 0 aliphatic carbocycles. The Morgan fingerprint density at radius 2 is 2.14 bits per heavy atom. The molecule has 2 N–H and O–H groups in total. The lowest BCUT2D eigenvalue weighted by molar-refractivity contribution is -0.147. The predicted octanol–water partition coefficient (Wildman–Crippen LogP) is 1.71. The summed E-state index contributed by atoms with van der Waals surface area (Å²) in [6, 6.07) is 4.80. The second-order valence-electron chi connectivity index (χ2n) is 5.58. The van der Waals surface area contributed by atoms with E-state index in [1.54, 1.807) is 6.07 Å². The molecule has 2 heterocycles. The zero-order chi connectivity index (χ0) is 15.9. The minimum absolute atomic E-state index is 0.0272. The number of rotatable bonds is 2. The Balaban J connectivity index is 1.97. The van der Waals surface area contributed by atoms with E-state index in [4.69, 9.17) is 4.74 Å². The summed E-state index contributed by atoms with van der Waals surface area (Å²) in [5.74, 6) is -1.35. The van der Waals surface area contributed by atoms with Gasteiger partial charge in [0.05, 0.1) is 13.2 Å². The monoisotopic (exact) mass is 302 g/mol. The molecule has 1 aliphatic rings. The van der Waals surface area contributed by atoms with Crippen LogP contribution in [0.25, 0.3) is 10.9 Å². The summed E-state index contributed by atoms with van der Waals surface area (Å²) in [4.78, 5) is 28.4. The fourth-order valence-corrected chi connectivity index (χ4v) is 2.78. The zero-order valence-electron chi connectivity index (χ0n) is 12.5. The number of nitrogens with zero attached hydrogens (tertiary/aromatic N) is 1. The number of hydrogen-bond acceptors (Lipinski definition) is 3. The fourth-order valence-electron chi connectivity index (χ4n) is 2.78. The van der Waals surface area contributed by atoms with Crippen LogP contribution in [-0.4, -0.2) is 52.7 Å². The number of fused-ring (bicyclic) bond motifs is 1. The Morgan fingerprint density at radius 1 is 1.36 bits per heavy atom. The summed E-state index contributed by atoms with van der Waals surface area (Å²) in [6.07, 6.45) is 0. The lowest BCUT2D eigenvalue weighted by Crippen LogP contribution is -2.52. The van der Waals surface area contributed by atoms with E-state index in [2.05, 4.69) is 4.98 Å². The number of carbonyl (C=O) groups is 2. The van der Waals surface area contributed by atoms with Crippen LogP contribution in [0, 0.1) is 13.8 Å². The van der Waals surface area contributed by atoms with E-state index >= 15 is 0 Å². The van der Waals surface area contributed by atoms with Crippen LogP contribution in [0.1, 0.15) is 21.6 Å². The van der Waals surface area contributed by atoms with Crippen molar-refractivity contribution in [2.24, 2.45) is 0 Å². The largest absolute Gasteiger partial charge is 0.480 e. The molecule has 0 spiro atoms. The highest BCUT2D eigenvalue weighted by atomic mass is 16.5. The minimum Gasteiger partial charge on any atom is -0.480 e. The molecule has 116 valence electrons. The van der Waals surface area contributed by atoms with Crippen molar-refractivity contribution in [2.45, 2.75) is 19.9 Å². The van der Waals surface area contributed by atoms with Crippen molar-refractivity contribution in [2.75, 3.05) is 19.8 Å². The van der Waals surface area contributed by atoms with Crippen LogP contribution in [0.5, 0.6) is 0 Å². The fraction of sp³-hybridized carbons (Fsp3) is 0.375. The molecule has 6 heteroatoms. The Kier molecular flexibility index (Phi) is 3.62. The summed E-state index contributed by atoms with van der Waals surface area (Å²) in [5.41, 5.74) is 3.56.